The van der Waals surface area contributed by atoms with E-state index < -0.39 is 8.80 Å². The highest BCUT2D eigenvalue weighted by atomic mass is 28.3. The molecule has 4 nitrogen and oxygen atoms in total. The standard InChI is InChI=1S/C31H50O4Si/c1-36(16-22(20-4-8-26-30(14-20)34-26)10-18-2-6-24-28(12-18)32-24)17-23(21-5-9-27-31(15-21)35-27)11-19-3-7-25-29(13-19)33-25/h18-31,36H,2-17H2,1H3. The number of rotatable bonds is 10. The molecule has 0 amide bonds. The molecule has 0 spiro atoms. The van der Waals surface area contributed by atoms with Crippen molar-refractivity contribution in [1.82, 2.24) is 0 Å². The van der Waals surface area contributed by atoms with Gasteiger partial charge in [-0.1, -0.05) is 18.6 Å². The van der Waals surface area contributed by atoms with Crippen molar-refractivity contribution in [2.45, 2.75) is 157 Å². The molecular formula is C31H50O4Si. The fraction of sp³-hybridized carbons (Fsp3) is 1.00. The van der Waals surface area contributed by atoms with Gasteiger partial charge in [-0.15, -0.1) is 0 Å². The Morgan fingerprint density at radius 1 is 0.500 bits per heavy atom. The fourth-order valence-corrected chi connectivity index (χ4v) is 13.5. The molecule has 36 heavy (non-hydrogen) atoms. The van der Waals surface area contributed by atoms with Crippen molar-refractivity contribution in [1.29, 1.82) is 0 Å². The molecule has 202 valence electrons. The molecule has 0 aromatic heterocycles. The molecule has 8 fully saturated rings. The minimum atomic E-state index is -0.772. The lowest BCUT2D eigenvalue weighted by Crippen LogP contribution is -2.32. The maximum atomic E-state index is 6.00. The van der Waals surface area contributed by atoms with E-state index in [2.05, 4.69) is 6.55 Å². The summed E-state index contributed by atoms with van der Waals surface area (Å²) in [6.45, 7) is 2.76. The first kappa shape index (κ1) is 23.9. The molecule has 14 unspecified atom stereocenters. The van der Waals surface area contributed by atoms with Crippen LogP contribution in [0, 0.1) is 35.5 Å². The van der Waals surface area contributed by atoms with Crippen molar-refractivity contribution >= 4 is 8.80 Å². The zero-order chi connectivity index (χ0) is 23.8. The van der Waals surface area contributed by atoms with E-state index in [1.807, 2.05) is 0 Å². The predicted octanol–water partition coefficient (Wildman–Crippen LogP) is 6.13. The van der Waals surface area contributed by atoms with Gasteiger partial charge < -0.3 is 18.9 Å². The first-order valence-electron chi connectivity index (χ1n) is 16.3. The van der Waals surface area contributed by atoms with Gasteiger partial charge in [0.2, 0.25) is 0 Å². The molecule has 0 aromatic carbocycles. The number of hydrogen-bond donors (Lipinski definition) is 0. The van der Waals surface area contributed by atoms with Crippen LogP contribution in [0.25, 0.3) is 0 Å². The molecule has 4 saturated heterocycles. The van der Waals surface area contributed by atoms with Crippen molar-refractivity contribution in [2.75, 3.05) is 0 Å². The van der Waals surface area contributed by atoms with Gasteiger partial charge in [0.25, 0.3) is 0 Å². The van der Waals surface area contributed by atoms with Crippen LogP contribution in [0.3, 0.4) is 0 Å². The second-order valence-electron chi connectivity index (χ2n) is 14.9. The first-order chi connectivity index (χ1) is 17.6. The van der Waals surface area contributed by atoms with Gasteiger partial charge in [-0.3, -0.25) is 0 Å². The Morgan fingerprint density at radius 3 is 1.28 bits per heavy atom. The van der Waals surface area contributed by atoms with Gasteiger partial charge in [-0.05, 0) is 125 Å². The molecule has 5 heteroatoms. The molecule has 0 aromatic rings. The lowest BCUT2D eigenvalue weighted by Gasteiger charge is -2.37. The van der Waals surface area contributed by atoms with Crippen molar-refractivity contribution in [3.63, 3.8) is 0 Å². The maximum absolute atomic E-state index is 6.00. The van der Waals surface area contributed by atoms with Crippen LogP contribution in [0.4, 0.5) is 0 Å². The number of fused-ring (bicyclic) bond motifs is 4. The lowest BCUT2D eigenvalue weighted by molar-refractivity contribution is 0.209. The monoisotopic (exact) mass is 514 g/mol. The molecule has 0 N–H and O–H groups in total. The summed E-state index contributed by atoms with van der Waals surface area (Å²) in [5.41, 5.74) is 0. The molecule has 4 aliphatic heterocycles. The highest BCUT2D eigenvalue weighted by Crippen LogP contribution is 2.50. The average Bonchev–Trinajstić information content (AvgIpc) is 3.70. The Morgan fingerprint density at radius 2 is 0.889 bits per heavy atom. The molecule has 8 aliphatic rings. The maximum Gasteiger partial charge on any atom is 0.0844 e. The third-order valence-corrected chi connectivity index (χ3v) is 15.2. The smallest absolute Gasteiger partial charge is 0.0844 e. The number of ether oxygens (including phenoxy) is 4. The van der Waals surface area contributed by atoms with E-state index in [1.54, 1.807) is 12.1 Å². The number of hydrogen-bond acceptors (Lipinski definition) is 4. The van der Waals surface area contributed by atoms with Crippen molar-refractivity contribution in [3.8, 4) is 0 Å². The summed E-state index contributed by atoms with van der Waals surface area (Å²) in [6, 6.07) is 3.19. The molecule has 4 heterocycles. The third kappa shape index (κ3) is 5.27. The second-order valence-corrected chi connectivity index (χ2v) is 18.1. The van der Waals surface area contributed by atoms with Gasteiger partial charge >= 0.3 is 0 Å². The third-order valence-electron chi connectivity index (χ3n) is 12.3. The van der Waals surface area contributed by atoms with Crippen molar-refractivity contribution in [3.05, 3.63) is 0 Å². The summed E-state index contributed by atoms with van der Waals surface area (Å²) < 4.78 is 23.8. The van der Waals surface area contributed by atoms with Crippen LogP contribution < -0.4 is 0 Å². The van der Waals surface area contributed by atoms with Crippen LogP contribution in [0.5, 0.6) is 0 Å². The minimum absolute atomic E-state index is 0.631. The van der Waals surface area contributed by atoms with Gasteiger partial charge in [0.1, 0.15) is 0 Å². The van der Waals surface area contributed by atoms with Gasteiger partial charge in [-0.2, -0.15) is 0 Å². The van der Waals surface area contributed by atoms with Gasteiger partial charge in [-0.25, -0.2) is 0 Å². The van der Waals surface area contributed by atoms with Gasteiger partial charge in [0.05, 0.1) is 48.8 Å². The summed E-state index contributed by atoms with van der Waals surface area (Å²) >= 11 is 0. The lowest BCUT2D eigenvalue weighted by atomic mass is 9.74. The summed E-state index contributed by atoms with van der Waals surface area (Å²) in [4.78, 5) is 0. The van der Waals surface area contributed by atoms with E-state index in [0.29, 0.717) is 48.8 Å². The molecule has 14 atom stereocenters. The van der Waals surface area contributed by atoms with Crippen LogP contribution in [-0.2, 0) is 18.9 Å². The number of epoxide rings is 4. The van der Waals surface area contributed by atoms with Crippen LogP contribution in [0.2, 0.25) is 18.6 Å². The summed E-state index contributed by atoms with van der Waals surface area (Å²) in [5.74, 6) is 5.69. The van der Waals surface area contributed by atoms with Crippen LogP contribution in [-0.4, -0.2) is 57.6 Å². The van der Waals surface area contributed by atoms with E-state index in [0.717, 1.165) is 35.5 Å². The average molecular weight is 515 g/mol. The Labute approximate surface area is 220 Å². The molecule has 4 aliphatic carbocycles. The summed E-state index contributed by atoms with van der Waals surface area (Å²) in [5, 5.41) is 0. The van der Waals surface area contributed by atoms with E-state index >= 15 is 0 Å². The summed E-state index contributed by atoms with van der Waals surface area (Å²) in [6.07, 6.45) is 24.7. The zero-order valence-electron chi connectivity index (χ0n) is 22.6. The Balaban J connectivity index is 0.928. The SMILES string of the molecule is C[SiH](CC(CC1CCC2OC2C1)C1CCC2OC2C1)CC(CC1CCC2OC2C1)C1CCC2OC2C1. The quantitative estimate of drug-likeness (QED) is 0.260. The fourth-order valence-electron chi connectivity index (χ4n) is 10.1. The Bertz CT molecular complexity index is 743. The topological polar surface area (TPSA) is 50.1 Å². The zero-order valence-corrected chi connectivity index (χ0v) is 23.8. The normalized spacial score (nSPS) is 52.6. The molecule has 0 radical (unpaired) electrons. The highest BCUT2D eigenvalue weighted by Gasteiger charge is 2.50. The molecular weight excluding hydrogens is 464 g/mol. The van der Waals surface area contributed by atoms with E-state index in [4.69, 9.17) is 18.9 Å². The minimum Gasteiger partial charge on any atom is -0.370 e. The van der Waals surface area contributed by atoms with Crippen molar-refractivity contribution < 1.29 is 18.9 Å². The van der Waals surface area contributed by atoms with Crippen LogP contribution in [0.1, 0.15) is 89.9 Å². The second kappa shape index (κ2) is 9.61. The first-order valence-corrected chi connectivity index (χ1v) is 19.0. The van der Waals surface area contributed by atoms with Crippen molar-refractivity contribution in [2.24, 2.45) is 35.5 Å². The highest BCUT2D eigenvalue weighted by molar-refractivity contribution is 6.57. The van der Waals surface area contributed by atoms with E-state index in [1.165, 1.54) is 89.9 Å². The van der Waals surface area contributed by atoms with E-state index in [9.17, 15) is 0 Å². The molecule has 4 saturated carbocycles. The molecule has 0 bridgehead atoms. The summed E-state index contributed by atoms with van der Waals surface area (Å²) in [7, 11) is -0.772. The predicted molar refractivity (Wildman–Crippen MR) is 143 cm³/mol. The largest absolute Gasteiger partial charge is 0.370 e. The molecule has 8 rings (SSSR count). The van der Waals surface area contributed by atoms with Crippen LogP contribution >= 0.6 is 0 Å². The van der Waals surface area contributed by atoms with E-state index in [-0.39, 0.29) is 0 Å². The van der Waals surface area contributed by atoms with Gasteiger partial charge in [0.15, 0.2) is 0 Å². The van der Waals surface area contributed by atoms with Crippen LogP contribution in [0.15, 0.2) is 0 Å². The Hall–Kier alpha value is 0.0569. The van der Waals surface area contributed by atoms with Gasteiger partial charge in [0, 0.05) is 8.80 Å². The Kier molecular flexibility index (Phi) is 6.38.